The van der Waals surface area contributed by atoms with E-state index in [1.807, 2.05) is 18.2 Å². The van der Waals surface area contributed by atoms with Crippen molar-refractivity contribution in [3.63, 3.8) is 0 Å². The highest BCUT2D eigenvalue weighted by Gasteiger charge is 2.07. The standard InChI is InChI=1S/C10H7IN2O/c11-9-6-12-13(7-9)10(14)8-4-2-1-3-5-8/h1-7H. The van der Waals surface area contributed by atoms with Crippen molar-refractivity contribution in [1.82, 2.24) is 9.78 Å². The van der Waals surface area contributed by atoms with Crippen LogP contribution in [0.25, 0.3) is 0 Å². The SMILES string of the molecule is O=C(c1ccccc1)n1cc(I)cn1. The number of benzene rings is 1. The maximum Gasteiger partial charge on any atom is 0.278 e. The molecule has 4 heteroatoms. The highest BCUT2D eigenvalue weighted by molar-refractivity contribution is 14.1. The first-order valence-corrected chi connectivity index (χ1v) is 5.15. The molecule has 0 amide bonds. The molecule has 0 bridgehead atoms. The summed E-state index contributed by atoms with van der Waals surface area (Å²) in [4.78, 5) is 11.8. The summed E-state index contributed by atoms with van der Waals surface area (Å²) in [5.74, 6) is -0.103. The van der Waals surface area contributed by atoms with Crippen LogP contribution in [0.3, 0.4) is 0 Å². The van der Waals surface area contributed by atoms with E-state index in [-0.39, 0.29) is 5.91 Å². The first kappa shape index (κ1) is 9.39. The van der Waals surface area contributed by atoms with Gasteiger partial charge in [0.25, 0.3) is 5.91 Å². The number of nitrogens with zero attached hydrogens (tertiary/aromatic N) is 2. The van der Waals surface area contributed by atoms with Crippen LogP contribution in [0.5, 0.6) is 0 Å². The quantitative estimate of drug-likeness (QED) is 0.756. The minimum absolute atomic E-state index is 0.103. The summed E-state index contributed by atoms with van der Waals surface area (Å²) in [6.07, 6.45) is 3.36. The van der Waals surface area contributed by atoms with Crippen LogP contribution < -0.4 is 0 Å². The van der Waals surface area contributed by atoms with Crippen molar-refractivity contribution in [3.8, 4) is 0 Å². The van der Waals surface area contributed by atoms with E-state index in [1.165, 1.54) is 4.68 Å². The average Bonchev–Trinajstić information content (AvgIpc) is 2.65. The summed E-state index contributed by atoms with van der Waals surface area (Å²) in [6, 6.07) is 9.10. The monoisotopic (exact) mass is 298 g/mol. The first-order valence-electron chi connectivity index (χ1n) is 4.07. The second-order valence-corrected chi connectivity index (χ2v) is 4.02. The van der Waals surface area contributed by atoms with E-state index >= 15 is 0 Å². The molecule has 0 aliphatic heterocycles. The van der Waals surface area contributed by atoms with Crippen LogP contribution in [0.4, 0.5) is 0 Å². The lowest BCUT2D eigenvalue weighted by Crippen LogP contribution is -2.11. The zero-order valence-electron chi connectivity index (χ0n) is 7.22. The van der Waals surface area contributed by atoms with E-state index in [1.54, 1.807) is 24.5 Å². The zero-order chi connectivity index (χ0) is 9.97. The Morgan fingerprint density at radius 2 is 2.00 bits per heavy atom. The van der Waals surface area contributed by atoms with Gasteiger partial charge in [0, 0.05) is 11.8 Å². The Kier molecular flexibility index (Phi) is 2.62. The molecule has 0 saturated heterocycles. The molecule has 2 aromatic rings. The molecule has 0 unspecified atom stereocenters. The number of rotatable bonds is 1. The van der Waals surface area contributed by atoms with Gasteiger partial charge in [-0.1, -0.05) is 18.2 Å². The molecule has 3 nitrogen and oxygen atoms in total. The fourth-order valence-electron chi connectivity index (χ4n) is 1.12. The molecule has 0 radical (unpaired) electrons. The second-order valence-electron chi connectivity index (χ2n) is 2.77. The van der Waals surface area contributed by atoms with Crippen LogP contribution >= 0.6 is 22.6 Å². The van der Waals surface area contributed by atoms with Gasteiger partial charge in [0.05, 0.1) is 9.77 Å². The fourth-order valence-corrected chi connectivity index (χ4v) is 1.51. The Morgan fingerprint density at radius 3 is 2.57 bits per heavy atom. The Bertz CT molecular complexity index is 450. The van der Waals surface area contributed by atoms with E-state index in [0.717, 1.165) is 3.57 Å². The Labute approximate surface area is 94.9 Å². The number of hydrogen-bond acceptors (Lipinski definition) is 2. The molecule has 0 aliphatic rings. The minimum Gasteiger partial charge on any atom is -0.267 e. The van der Waals surface area contributed by atoms with Gasteiger partial charge >= 0.3 is 0 Å². The van der Waals surface area contributed by atoms with Crippen molar-refractivity contribution < 1.29 is 4.79 Å². The van der Waals surface area contributed by atoms with Crippen molar-refractivity contribution >= 4 is 28.5 Å². The number of carbonyl (C=O) groups excluding carboxylic acids is 1. The Balaban J connectivity index is 2.34. The summed E-state index contributed by atoms with van der Waals surface area (Å²) in [7, 11) is 0. The lowest BCUT2D eigenvalue weighted by atomic mass is 10.2. The third-order valence-electron chi connectivity index (χ3n) is 1.78. The Hall–Kier alpha value is -1.17. The highest BCUT2D eigenvalue weighted by atomic mass is 127. The molecule has 1 heterocycles. The summed E-state index contributed by atoms with van der Waals surface area (Å²) in [5, 5.41) is 3.95. The summed E-state index contributed by atoms with van der Waals surface area (Å²) < 4.78 is 2.30. The van der Waals surface area contributed by atoms with Crippen LogP contribution in [0.1, 0.15) is 10.4 Å². The van der Waals surface area contributed by atoms with Crippen LogP contribution in [0.2, 0.25) is 0 Å². The molecular weight excluding hydrogens is 291 g/mol. The van der Waals surface area contributed by atoms with Crippen LogP contribution in [0, 0.1) is 3.57 Å². The smallest absolute Gasteiger partial charge is 0.267 e. The van der Waals surface area contributed by atoms with Gasteiger partial charge in [-0.3, -0.25) is 4.79 Å². The lowest BCUT2D eigenvalue weighted by Gasteiger charge is -1.98. The zero-order valence-corrected chi connectivity index (χ0v) is 9.38. The van der Waals surface area contributed by atoms with Crippen LogP contribution in [0.15, 0.2) is 42.7 Å². The molecule has 0 saturated carbocycles. The van der Waals surface area contributed by atoms with E-state index in [2.05, 4.69) is 27.7 Å². The van der Waals surface area contributed by atoms with Gasteiger partial charge in [-0.15, -0.1) is 0 Å². The van der Waals surface area contributed by atoms with E-state index < -0.39 is 0 Å². The van der Waals surface area contributed by atoms with Gasteiger partial charge < -0.3 is 0 Å². The largest absolute Gasteiger partial charge is 0.278 e. The molecule has 0 N–H and O–H groups in total. The summed E-state index contributed by atoms with van der Waals surface area (Å²) in [5.41, 5.74) is 0.645. The van der Waals surface area contributed by atoms with Crippen LogP contribution in [-0.4, -0.2) is 15.7 Å². The molecule has 70 valence electrons. The van der Waals surface area contributed by atoms with Crippen molar-refractivity contribution in [2.45, 2.75) is 0 Å². The van der Waals surface area contributed by atoms with Gasteiger partial charge in [0.1, 0.15) is 0 Å². The lowest BCUT2D eigenvalue weighted by molar-refractivity contribution is 0.0945. The number of aromatic nitrogens is 2. The van der Waals surface area contributed by atoms with Crippen molar-refractivity contribution in [2.24, 2.45) is 0 Å². The number of hydrogen-bond donors (Lipinski definition) is 0. The maximum atomic E-state index is 11.8. The number of carbonyl (C=O) groups is 1. The predicted octanol–water partition coefficient (Wildman–Crippen LogP) is 2.18. The van der Waals surface area contributed by atoms with E-state index in [9.17, 15) is 4.79 Å². The second kappa shape index (κ2) is 3.91. The fraction of sp³-hybridized carbons (Fsp3) is 0. The first-order chi connectivity index (χ1) is 6.77. The molecule has 0 fully saturated rings. The average molecular weight is 298 g/mol. The van der Waals surface area contributed by atoms with E-state index in [4.69, 9.17) is 0 Å². The van der Waals surface area contributed by atoms with Gasteiger partial charge in [0.2, 0.25) is 0 Å². The van der Waals surface area contributed by atoms with Crippen molar-refractivity contribution in [3.05, 3.63) is 51.9 Å². The third kappa shape index (κ3) is 1.84. The van der Waals surface area contributed by atoms with Crippen LogP contribution in [-0.2, 0) is 0 Å². The van der Waals surface area contributed by atoms with E-state index in [0.29, 0.717) is 5.56 Å². The molecule has 1 aromatic heterocycles. The Morgan fingerprint density at radius 1 is 1.29 bits per heavy atom. The van der Waals surface area contributed by atoms with Gasteiger partial charge in [-0.05, 0) is 34.7 Å². The molecule has 0 aliphatic carbocycles. The summed E-state index contributed by atoms with van der Waals surface area (Å²) in [6.45, 7) is 0. The van der Waals surface area contributed by atoms with Crippen molar-refractivity contribution in [1.29, 1.82) is 0 Å². The molecule has 0 atom stereocenters. The topological polar surface area (TPSA) is 34.9 Å². The highest BCUT2D eigenvalue weighted by Crippen LogP contribution is 2.05. The predicted molar refractivity (Wildman–Crippen MR) is 61.1 cm³/mol. The van der Waals surface area contributed by atoms with Gasteiger partial charge in [0.15, 0.2) is 0 Å². The molecule has 1 aromatic carbocycles. The van der Waals surface area contributed by atoms with Gasteiger partial charge in [-0.25, -0.2) is 4.68 Å². The van der Waals surface area contributed by atoms with Crippen molar-refractivity contribution in [2.75, 3.05) is 0 Å². The van der Waals surface area contributed by atoms with Gasteiger partial charge in [-0.2, -0.15) is 5.10 Å². The third-order valence-corrected chi connectivity index (χ3v) is 2.34. The normalized spacial score (nSPS) is 10.1. The number of halogens is 1. The minimum atomic E-state index is -0.103. The molecule has 14 heavy (non-hydrogen) atoms. The molecule has 2 rings (SSSR count). The maximum absolute atomic E-state index is 11.8. The summed E-state index contributed by atoms with van der Waals surface area (Å²) >= 11 is 2.12. The molecule has 0 spiro atoms. The molecular formula is C10H7IN2O.